The molecule has 0 spiro atoms. The van der Waals surface area contributed by atoms with Gasteiger partial charge >= 0.3 is 0 Å². The lowest BCUT2D eigenvalue weighted by Gasteiger charge is -2.11. The van der Waals surface area contributed by atoms with E-state index in [9.17, 15) is 13.6 Å². The second kappa shape index (κ2) is 8.24. The SMILES string of the molecule is C[C@H](NC(=O)COc1ccccc1F)c1nc2cc(-c3ccccc3F)ncn2n1. The lowest BCUT2D eigenvalue weighted by atomic mass is 10.1. The number of hydrogen-bond donors (Lipinski definition) is 1. The first kappa shape index (κ1) is 19.4. The van der Waals surface area contributed by atoms with Crippen molar-refractivity contribution in [2.24, 2.45) is 0 Å². The van der Waals surface area contributed by atoms with Crippen LogP contribution in [-0.4, -0.2) is 32.1 Å². The number of amides is 1. The number of para-hydroxylation sites is 1. The summed E-state index contributed by atoms with van der Waals surface area (Å²) in [7, 11) is 0. The molecule has 0 radical (unpaired) electrons. The maximum Gasteiger partial charge on any atom is 0.258 e. The number of ether oxygens (including phenoxy) is 1. The maximum absolute atomic E-state index is 14.0. The van der Waals surface area contributed by atoms with Gasteiger partial charge in [-0.2, -0.15) is 0 Å². The smallest absolute Gasteiger partial charge is 0.258 e. The van der Waals surface area contributed by atoms with Gasteiger partial charge in [-0.3, -0.25) is 4.79 Å². The van der Waals surface area contributed by atoms with Gasteiger partial charge in [0, 0.05) is 11.6 Å². The molecule has 2 aromatic heterocycles. The molecule has 0 aliphatic rings. The summed E-state index contributed by atoms with van der Waals surface area (Å²) in [5.74, 6) is -1.03. The van der Waals surface area contributed by atoms with E-state index in [4.69, 9.17) is 4.74 Å². The molecule has 0 aliphatic heterocycles. The van der Waals surface area contributed by atoms with Crippen LogP contribution in [0.3, 0.4) is 0 Å². The molecule has 9 heteroatoms. The highest BCUT2D eigenvalue weighted by molar-refractivity contribution is 5.77. The van der Waals surface area contributed by atoms with Gasteiger partial charge in [-0.1, -0.05) is 24.3 Å². The van der Waals surface area contributed by atoms with E-state index in [1.54, 1.807) is 37.3 Å². The monoisotopic (exact) mass is 409 g/mol. The summed E-state index contributed by atoms with van der Waals surface area (Å²) in [6.07, 6.45) is 1.43. The predicted molar refractivity (Wildman–Crippen MR) is 105 cm³/mol. The Morgan fingerprint density at radius 1 is 1.13 bits per heavy atom. The van der Waals surface area contributed by atoms with Crippen LogP contribution >= 0.6 is 0 Å². The number of carbonyl (C=O) groups is 1. The molecule has 0 saturated heterocycles. The summed E-state index contributed by atoms with van der Waals surface area (Å²) in [6, 6.07) is 13.2. The first-order valence-corrected chi connectivity index (χ1v) is 9.15. The van der Waals surface area contributed by atoms with Gasteiger partial charge in [0.15, 0.2) is 29.6 Å². The average molecular weight is 409 g/mol. The molecule has 1 N–H and O–H groups in total. The Hall–Kier alpha value is -3.88. The van der Waals surface area contributed by atoms with Crippen LogP contribution in [0.25, 0.3) is 16.9 Å². The van der Waals surface area contributed by atoms with Crippen molar-refractivity contribution in [3.05, 3.63) is 78.4 Å². The minimum atomic E-state index is -0.543. The van der Waals surface area contributed by atoms with E-state index in [0.29, 0.717) is 22.7 Å². The molecule has 152 valence electrons. The number of nitrogens with zero attached hydrogens (tertiary/aromatic N) is 4. The number of aromatic nitrogens is 4. The van der Waals surface area contributed by atoms with Crippen LogP contribution < -0.4 is 10.1 Å². The summed E-state index contributed by atoms with van der Waals surface area (Å²) in [5.41, 5.74) is 1.24. The van der Waals surface area contributed by atoms with Crippen molar-refractivity contribution in [1.29, 1.82) is 0 Å². The molecule has 0 aliphatic carbocycles. The third-order valence-electron chi connectivity index (χ3n) is 4.36. The second-order valence-corrected chi connectivity index (χ2v) is 6.54. The van der Waals surface area contributed by atoms with E-state index in [1.807, 2.05) is 0 Å². The van der Waals surface area contributed by atoms with Gasteiger partial charge in [0.25, 0.3) is 5.91 Å². The molecule has 0 fully saturated rings. The lowest BCUT2D eigenvalue weighted by Crippen LogP contribution is -2.31. The fourth-order valence-electron chi connectivity index (χ4n) is 2.86. The normalized spacial score (nSPS) is 12.0. The van der Waals surface area contributed by atoms with Crippen molar-refractivity contribution in [3.63, 3.8) is 0 Å². The molecular formula is C21H17F2N5O2. The van der Waals surface area contributed by atoms with Crippen LogP contribution in [0.4, 0.5) is 8.78 Å². The molecule has 1 amide bonds. The van der Waals surface area contributed by atoms with Crippen molar-refractivity contribution in [1.82, 2.24) is 24.9 Å². The fourth-order valence-corrected chi connectivity index (χ4v) is 2.86. The quantitative estimate of drug-likeness (QED) is 0.528. The summed E-state index contributed by atoms with van der Waals surface area (Å²) < 4.78 is 34.2. The number of fused-ring (bicyclic) bond motifs is 1. The van der Waals surface area contributed by atoms with Crippen LogP contribution in [-0.2, 0) is 4.79 Å². The van der Waals surface area contributed by atoms with Crippen LogP contribution in [0.2, 0.25) is 0 Å². The third-order valence-corrected chi connectivity index (χ3v) is 4.36. The Bertz CT molecular complexity index is 1210. The van der Waals surface area contributed by atoms with E-state index in [1.165, 1.54) is 35.1 Å². The molecule has 1 atom stereocenters. The van der Waals surface area contributed by atoms with Crippen LogP contribution in [0.1, 0.15) is 18.8 Å². The van der Waals surface area contributed by atoms with Crippen LogP contribution in [0, 0.1) is 11.6 Å². The second-order valence-electron chi connectivity index (χ2n) is 6.54. The molecule has 2 heterocycles. The number of carbonyl (C=O) groups excluding carboxylic acids is 1. The van der Waals surface area contributed by atoms with Gasteiger partial charge in [-0.15, -0.1) is 5.10 Å². The Balaban J connectivity index is 1.45. The number of rotatable bonds is 6. The van der Waals surface area contributed by atoms with Gasteiger partial charge < -0.3 is 10.1 Å². The number of nitrogens with one attached hydrogen (secondary N) is 1. The molecule has 30 heavy (non-hydrogen) atoms. The molecule has 0 unspecified atom stereocenters. The zero-order chi connectivity index (χ0) is 21.1. The summed E-state index contributed by atoms with van der Waals surface area (Å²) in [5, 5.41) is 6.99. The topological polar surface area (TPSA) is 81.4 Å². The standard InChI is InChI=1S/C21H17F2N5O2/c1-13(25-20(29)11-30-18-9-5-4-8-16(18)23)21-26-19-10-17(24-12-28(19)27-21)14-6-2-3-7-15(14)22/h2-10,12-13H,11H2,1H3,(H,25,29)/t13-/m0/s1. The Labute approximate surface area is 170 Å². The molecule has 4 rings (SSSR count). The van der Waals surface area contributed by atoms with E-state index in [0.717, 1.165) is 0 Å². The van der Waals surface area contributed by atoms with Crippen molar-refractivity contribution in [3.8, 4) is 17.0 Å². The summed E-state index contributed by atoms with van der Waals surface area (Å²) in [4.78, 5) is 20.7. The predicted octanol–water partition coefficient (Wildman–Crippen LogP) is 3.33. The molecule has 0 saturated carbocycles. The molecule has 2 aromatic carbocycles. The van der Waals surface area contributed by atoms with Crippen molar-refractivity contribution < 1.29 is 18.3 Å². The van der Waals surface area contributed by atoms with Gasteiger partial charge in [-0.25, -0.2) is 23.3 Å². The van der Waals surface area contributed by atoms with Crippen LogP contribution in [0.15, 0.2) is 60.9 Å². The van der Waals surface area contributed by atoms with Crippen molar-refractivity contribution in [2.75, 3.05) is 6.61 Å². The molecule has 4 aromatic rings. The zero-order valence-electron chi connectivity index (χ0n) is 15.9. The maximum atomic E-state index is 14.0. The van der Waals surface area contributed by atoms with E-state index >= 15 is 0 Å². The highest BCUT2D eigenvalue weighted by Crippen LogP contribution is 2.21. The Kier molecular flexibility index (Phi) is 5.34. The highest BCUT2D eigenvalue weighted by Gasteiger charge is 2.17. The third kappa shape index (κ3) is 4.09. The van der Waals surface area contributed by atoms with E-state index in [2.05, 4.69) is 20.4 Å². The average Bonchev–Trinajstić information content (AvgIpc) is 3.17. The van der Waals surface area contributed by atoms with Gasteiger partial charge in [-0.05, 0) is 31.2 Å². The van der Waals surface area contributed by atoms with Gasteiger partial charge in [0.1, 0.15) is 12.1 Å². The zero-order valence-corrected chi connectivity index (χ0v) is 15.9. The first-order valence-electron chi connectivity index (χ1n) is 9.15. The van der Waals surface area contributed by atoms with E-state index in [-0.39, 0.29) is 18.2 Å². The number of halogens is 2. The number of benzene rings is 2. The lowest BCUT2D eigenvalue weighted by molar-refractivity contribution is -0.123. The molecule has 7 nitrogen and oxygen atoms in total. The Morgan fingerprint density at radius 2 is 1.87 bits per heavy atom. The summed E-state index contributed by atoms with van der Waals surface area (Å²) >= 11 is 0. The minimum absolute atomic E-state index is 0.00194. The van der Waals surface area contributed by atoms with Gasteiger partial charge in [0.2, 0.25) is 0 Å². The Morgan fingerprint density at radius 3 is 2.63 bits per heavy atom. The van der Waals surface area contributed by atoms with Crippen LogP contribution in [0.5, 0.6) is 5.75 Å². The largest absolute Gasteiger partial charge is 0.481 e. The van der Waals surface area contributed by atoms with Crippen molar-refractivity contribution >= 4 is 11.6 Å². The summed E-state index contributed by atoms with van der Waals surface area (Å²) in [6.45, 7) is 1.36. The molecular weight excluding hydrogens is 392 g/mol. The minimum Gasteiger partial charge on any atom is -0.481 e. The molecule has 0 bridgehead atoms. The highest BCUT2D eigenvalue weighted by atomic mass is 19.1. The fraction of sp³-hybridized carbons (Fsp3) is 0.143. The van der Waals surface area contributed by atoms with Gasteiger partial charge in [0.05, 0.1) is 11.7 Å². The van der Waals surface area contributed by atoms with E-state index < -0.39 is 17.8 Å². The number of hydrogen-bond acceptors (Lipinski definition) is 5. The first-order chi connectivity index (χ1) is 14.5. The van der Waals surface area contributed by atoms with Crippen molar-refractivity contribution in [2.45, 2.75) is 13.0 Å².